The zero-order valence-corrected chi connectivity index (χ0v) is 9.75. The summed E-state index contributed by atoms with van der Waals surface area (Å²) in [6, 6.07) is 0. The zero-order valence-electron chi connectivity index (χ0n) is 9.75. The molecule has 0 atom stereocenters. The number of nitrogens with zero attached hydrogens (tertiary/aromatic N) is 1. The number of aromatic nitrogens is 2. The van der Waals surface area contributed by atoms with Crippen molar-refractivity contribution in [2.24, 2.45) is 0 Å². The van der Waals surface area contributed by atoms with Crippen LogP contribution in [0.15, 0.2) is 24.1 Å². The van der Waals surface area contributed by atoms with Crippen LogP contribution in [0.1, 0.15) is 37.4 Å². The van der Waals surface area contributed by atoms with Gasteiger partial charge in [0.1, 0.15) is 0 Å². The van der Waals surface area contributed by atoms with E-state index in [1.165, 1.54) is 16.8 Å². The quantitative estimate of drug-likeness (QED) is 0.771. The summed E-state index contributed by atoms with van der Waals surface area (Å²) in [4.78, 5) is 0. The molecule has 16 heavy (non-hydrogen) atoms. The number of H-pyrrole nitrogens is 1. The van der Waals surface area contributed by atoms with Crippen LogP contribution in [0, 0.1) is 0 Å². The van der Waals surface area contributed by atoms with Crippen LogP contribution >= 0.6 is 0 Å². The van der Waals surface area contributed by atoms with E-state index in [2.05, 4.69) is 22.9 Å². The fourth-order valence-electron chi connectivity index (χ4n) is 2.00. The van der Waals surface area contributed by atoms with Crippen LogP contribution in [0.25, 0.3) is 6.08 Å². The van der Waals surface area contributed by atoms with Crippen molar-refractivity contribution < 1.29 is 4.74 Å². The fraction of sp³-hybridized carbons (Fsp3) is 0.462. The zero-order chi connectivity index (χ0) is 11.4. The smallest absolute Gasteiger partial charge is 0.0891 e. The molecular formula is C13H18N2O. The predicted octanol–water partition coefficient (Wildman–Crippen LogP) is 3.07. The van der Waals surface area contributed by atoms with Gasteiger partial charge in [-0.15, -0.1) is 0 Å². The molecule has 0 aromatic carbocycles. The molecule has 0 fully saturated rings. The molecule has 0 amide bonds. The monoisotopic (exact) mass is 218 g/mol. The number of hydrogen-bond acceptors (Lipinski definition) is 2. The Labute approximate surface area is 96.2 Å². The third kappa shape index (κ3) is 2.54. The second kappa shape index (κ2) is 5.01. The number of aromatic amines is 1. The summed E-state index contributed by atoms with van der Waals surface area (Å²) >= 11 is 0. The molecule has 3 nitrogen and oxygen atoms in total. The SMILES string of the molecule is C=C(CCC1=Cc2cn[nH]c2CC1)OCC. The molecule has 2 rings (SSSR count). The van der Waals surface area contributed by atoms with Crippen LogP contribution in [0.5, 0.6) is 0 Å². The van der Waals surface area contributed by atoms with E-state index in [4.69, 9.17) is 4.74 Å². The number of nitrogens with one attached hydrogen (secondary N) is 1. The van der Waals surface area contributed by atoms with Crippen LogP contribution < -0.4 is 0 Å². The van der Waals surface area contributed by atoms with Gasteiger partial charge in [-0.05, 0) is 26.2 Å². The summed E-state index contributed by atoms with van der Waals surface area (Å²) in [5, 5.41) is 7.08. The Morgan fingerprint density at radius 2 is 2.44 bits per heavy atom. The highest BCUT2D eigenvalue weighted by atomic mass is 16.5. The predicted molar refractivity (Wildman–Crippen MR) is 64.9 cm³/mol. The van der Waals surface area contributed by atoms with E-state index >= 15 is 0 Å². The lowest BCUT2D eigenvalue weighted by atomic mass is 9.94. The maximum absolute atomic E-state index is 5.35. The lowest BCUT2D eigenvalue weighted by Gasteiger charge is -2.13. The second-order valence-corrected chi connectivity index (χ2v) is 4.08. The molecular weight excluding hydrogens is 200 g/mol. The second-order valence-electron chi connectivity index (χ2n) is 4.08. The lowest BCUT2D eigenvalue weighted by Crippen LogP contribution is -1.99. The first kappa shape index (κ1) is 11.0. The summed E-state index contributed by atoms with van der Waals surface area (Å²) in [7, 11) is 0. The minimum Gasteiger partial charge on any atom is -0.499 e. The Hall–Kier alpha value is -1.51. The summed E-state index contributed by atoms with van der Waals surface area (Å²) in [5.41, 5.74) is 3.96. The van der Waals surface area contributed by atoms with E-state index in [0.717, 1.165) is 31.4 Å². The van der Waals surface area contributed by atoms with Crippen molar-refractivity contribution in [1.82, 2.24) is 10.2 Å². The summed E-state index contributed by atoms with van der Waals surface area (Å²) in [6.07, 6.45) is 8.29. The number of allylic oxidation sites excluding steroid dienone is 2. The van der Waals surface area contributed by atoms with Gasteiger partial charge >= 0.3 is 0 Å². The van der Waals surface area contributed by atoms with E-state index in [-0.39, 0.29) is 0 Å². The van der Waals surface area contributed by atoms with Crippen molar-refractivity contribution in [3.63, 3.8) is 0 Å². The molecule has 1 aliphatic carbocycles. The maximum Gasteiger partial charge on any atom is 0.0891 e. The molecule has 0 radical (unpaired) electrons. The Bertz CT molecular complexity index is 404. The molecule has 86 valence electrons. The molecule has 1 aliphatic rings. The van der Waals surface area contributed by atoms with Crippen molar-refractivity contribution in [2.45, 2.75) is 32.6 Å². The van der Waals surface area contributed by atoms with Gasteiger partial charge in [-0.2, -0.15) is 5.10 Å². The van der Waals surface area contributed by atoms with Gasteiger partial charge in [-0.1, -0.05) is 18.2 Å². The van der Waals surface area contributed by atoms with Gasteiger partial charge in [0.25, 0.3) is 0 Å². The average molecular weight is 218 g/mol. The third-order valence-electron chi connectivity index (χ3n) is 2.88. The minimum atomic E-state index is 0.712. The van der Waals surface area contributed by atoms with E-state index in [0.29, 0.717) is 6.61 Å². The molecule has 1 N–H and O–H groups in total. The van der Waals surface area contributed by atoms with Gasteiger partial charge in [0, 0.05) is 17.7 Å². The van der Waals surface area contributed by atoms with Gasteiger partial charge < -0.3 is 4.74 Å². The molecule has 0 bridgehead atoms. The minimum absolute atomic E-state index is 0.712. The van der Waals surface area contributed by atoms with Crippen LogP contribution in [0.3, 0.4) is 0 Å². The first-order valence-electron chi connectivity index (χ1n) is 5.82. The topological polar surface area (TPSA) is 37.9 Å². The Balaban J connectivity index is 1.90. The maximum atomic E-state index is 5.35. The lowest BCUT2D eigenvalue weighted by molar-refractivity contribution is 0.220. The molecule has 0 unspecified atom stereocenters. The summed E-state index contributed by atoms with van der Waals surface area (Å²) in [5.74, 6) is 0.890. The molecule has 1 heterocycles. The summed E-state index contributed by atoms with van der Waals surface area (Å²) in [6.45, 7) is 6.60. The molecule has 3 heteroatoms. The third-order valence-corrected chi connectivity index (χ3v) is 2.88. The summed E-state index contributed by atoms with van der Waals surface area (Å²) < 4.78 is 5.35. The van der Waals surface area contributed by atoms with Crippen molar-refractivity contribution in [3.05, 3.63) is 35.4 Å². The standard InChI is InChI=1S/C13H18N2O/c1-3-16-10(2)4-5-11-6-7-13-12(8-11)9-14-15-13/h8-9H,2-7H2,1H3,(H,14,15). The van der Waals surface area contributed by atoms with Gasteiger partial charge in [-0.3, -0.25) is 5.10 Å². The van der Waals surface area contributed by atoms with Crippen LogP contribution in [-0.2, 0) is 11.2 Å². The van der Waals surface area contributed by atoms with Crippen LogP contribution in [0.4, 0.5) is 0 Å². The number of fused-ring (bicyclic) bond motifs is 1. The molecule has 1 aromatic heterocycles. The van der Waals surface area contributed by atoms with Gasteiger partial charge in [-0.25, -0.2) is 0 Å². The highest BCUT2D eigenvalue weighted by Crippen LogP contribution is 2.25. The van der Waals surface area contributed by atoms with Crippen LogP contribution in [0.2, 0.25) is 0 Å². The van der Waals surface area contributed by atoms with Gasteiger partial charge in [0.15, 0.2) is 0 Å². The number of rotatable bonds is 5. The number of aryl methyl sites for hydroxylation is 1. The molecule has 0 saturated heterocycles. The van der Waals surface area contributed by atoms with E-state index in [1.807, 2.05) is 13.1 Å². The molecule has 1 aromatic rings. The first-order chi connectivity index (χ1) is 7.79. The Morgan fingerprint density at radius 3 is 3.25 bits per heavy atom. The molecule has 0 aliphatic heterocycles. The normalized spacial score (nSPS) is 14.2. The van der Waals surface area contributed by atoms with Crippen molar-refractivity contribution >= 4 is 6.08 Å². The Kier molecular flexibility index (Phi) is 3.44. The Morgan fingerprint density at radius 1 is 1.56 bits per heavy atom. The van der Waals surface area contributed by atoms with E-state index in [1.54, 1.807) is 0 Å². The van der Waals surface area contributed by atoms with E-state index in [9.17, 15) is 0 Å². The van der Waals surface area contributed by atoms with Crippen molar-refractivity contribution in [2.75, 3.05) is 6.61 Å². The molecule has 0 spiro atoms. The number of hydrogen-bond donors (Lipinski definition) is 1. The van der Waals surface area contributed by atoms with Gasteiger partial charge in [0.2, 0.25) is 0 Å². The highest BCUT2D eigenvalue weighted by molar-refractivity contribution is 5.56. The van der Waals surface area contributed by atoms with E-state index < -0.39 is 0 Å². The van der Waals surface area contributed by atoms with Gasteiger partial charge in [0.05, 0.1) is 18.6 Å². The largest absolute Gasteiger partial charge is 0.499 e. The van der Waals surface area contributed by atoms with Crippen molar-refractivity contribution in [1.29, 1.82) is 0 Å². The fourth-order valence-corrected chi connectivity index (χ4v) is 2.00. The van der Waals surface area contributed by atoms with Crippen LogP contribution in [-0.4, -0.2) is 16.8 Å². The molecule has 0 saturated carbocycles. The van der Waals surface area contributed by atoms with Crippen molar-refractivity contribution in [3.8, 4) is 0 Å². The average Bonchev–Trinajstić information content (AvgIpc) is 2.74. The first-order valence-corrected chi connectivity index (χ1v) is 5.82. The number of ether oxygens (including phenoxy) is 1. The highest BCUT2D eigenvalue weighted by Gasteiger charge is 2.11.